The fourth-order valence-electron chi connectivity index (χ4n) is 7.57. The number of amides is 3. The third-order valence-corrected chi connectivity index (χ3v) is 11.2. The van der Waals surface area contributed by atoms with Gasteiger partial charge in [0.15, 0.2) is 0 Å². The molecule has 0 spiro atoms. The van der Waals surface area contributed by atoms with Crippen molar-refractivity contribution in [3.63, 3.8) is 0 Å². The molecule has 0 aliphatic carbocycles. The van der Waals surface area contributed by atoms with Gasteiger partial charge in [0.1, 0.15) is 0 Å². The molecule has 6 aromatic rings. The number of aromatic carboxylic acids is 1. The van der Waals surface area contributed by atoms with E-state index in [0.29, 0.717) is 47.2 Å². The zero-order chi connectivity index (χ0) is 43.0. The normalized spacial score (nSPS) is 15.3. The van der Waals surface area contributed by atoms with Crippen molar-refractivity contribution in [2.24, 2.45) is 11.8 Å². The van der Waals surface area contributed by atoms with Crippen LogP contribution in [-0.4, -0.2) is 69.8 Å². The van der Waals surface area contributed by atoms with E-state index < -0.39 is 5.97 Å². The summed E-state index contributed by atoms with van der Waals surface area (Å²) in [5.74, 6) is -0.552. The molecule has 2 aromatic heterocycles. The van der Waals surface area contributed by atoms with Gasteiger partial charge in [-0.15, -0.1) is 0 Å². The maximum atomic E-state index is 13.5. The molecule has 2 aliphatic rings. The van der Waals surface area contributed by atoms with E-state index in [2.05, 4.69) is 25.9 Å². The van der Waals surface area contributed by atoms with E-state index in [4.69, 9.17) is 0 Å². The molecular formula is C50H50N6O5. The summed E-state index contributed by atoms with van der Waals surface area (Å²) < 4.78 is 0. The Morgan fingerprint density at radius 1 is 0.574 bits per heavy atom. The number of nitrogens with zero attached hydrogens (tertiary/aromatic N) is 3. The van der Waals surface area contributed by atoms with Crippen molar-refractivity contribution in [1.82, 2.24) is 30.8 Å². The number of pyridine rings is 2. The van der Waals surface area contributed by atoms with Crippen LogP contribution in [0.5, 0.6) is 0 Å². The molecule has 11 nitrogen and oxygen atoms in total. The molecule has 310 valence electrons. The van der Waals surface area contributed by atoms with E-state index >= 15 is 0 Å². The summed E-state index contributed by atoms with van der Waals surface area (Å²) >= 11 is 0. The molecule has 4 heterocycles. The molecule has 8 rings (SSSR count). The second kappa shape index (κ2) is 18.9. The summed E-state index contributed by atoms with van der Waals surface area (Å²) in [4.78, 5) is 61.1. The van der Waals surface area contributed by atoms with Crippen LogP contribution < -0.4 is 16.0 Å². The Bertz CT molecular complexity index is 2530. The number of aryl methyl sites for hydroxylation is 4. The molecule has 61 heavy (non-hydrogen) atoms. The molecule has 2 aliphatic heterocycles. The van der Waals surface area contributed by atoms with E-state index in [1.165, 1.54) is 6.07 Å². The third-order valence-electron chi connectivity index (χ3n) is 11.2. The lowest BCUT2D eigenvalue weighted by molar-refractivity contribution is 0.0695. The number of nitrogens with one attached hydrogen (secondary N) is 3. The highest BCUT2D eigenvalue weighted by atomic mass is 16.4. The average Bonchev–Trinajstić information content (AvgIpc) is 3.89. The minimum absolute atomic E-state index is 0.000135. The van der Waals surface area contributed by atoms with Gasteiger partial charge in [-0.05, 0) is 121 Å². The second-order valence-corrected chi connectivity index (χ2v) is 16.0. The van der Waals surface area contributed by atoms with Crippen molar-refractivity contribution < 1.29 is 24.3 Å². The number of carboxylic acid groups (broad SMARTS) is 1. The highest BCUT2D eigenvalue weighted by molar-refractivity contribution is 6.02. The summed E-state index contributed by atoms with van der Waals surface area (Å²) in [5, 5.41) is 18.6. The fraction of sp³-hybridized carbons (Fsp3) is 0.240. The van der Waals surface area contributed by atoms with E-state index in [1.54, 1.807) is 30.6 Å². The first-order valence-corrected chi connectivity index (χ1v) is 20.5. The number of carboxylic acids is 1. The van der Waals surface area contributed by atoms with Crippen LogP contribution in [0.15, 0.2) is 122 Å². The van der Waals surface area contributed by atoms with Gasteiger partial charge in [-0.25, -0.2) is 4.79 Å². The molecule has 4 aromatic carbocycles. The van der Waals surface area contributed by atoms with E-state index in [0.717, 1.165) is 76.5 Å². The molecule has 0 bridgehead atoms. The number of hydrogen-bond donors (Lipinski definition) is 4. The second-order valence-electron chi connectivity index (χ2n) is 16.0. The lowest BCUT2D eigenvalue weighted by Crippen LogP contribution is -2.32. The van der Waals surface area contributed by atoms with Crippen LogP contribution in [0, 0.1) is 39.5 Å². The molecule has 0 saturated carbocycles. The van der Waals surface area contributed by atoms with E-state index in [-0.39, 0.29) is 23.3 Å². The van der Waals surface area contributed by atoms with Crippen LogP contribution in [0.4, 0.5) is 0 Å². The minimum atomic E-state index is -1.07. The van der Waals surface area contributed by atoms with Crippen LogP contribution in [0.1, 0.15) is 75.1 Å². The summed E-state index contributed by atoms with van der Waals surface area (Å²) in [7, 11) is 0. The Balaban J connectivity index is 0.000000189. The molecule has 0 radical (unpaired) electrons. The van der Waals surface area contributed by atoms with Gasteiger partial charge in [-0.1, -0.05) is 71.8 Å². The summed E-state index contributed by atoms with van der Waals surface area (Å²) in [6.45, 7) is 12.0. The largest absolute Gasteiger partial charge is 0.478 e. The predicted molar refractivity (Wildman–Crippen MR) is 236 cm³/mol. The maximum absolute atomic E-state index is 13.5. The van der Waals surface area contributed by atoms with Gasteiger partial charge in [0.05, 0.1) is 5.56 Å². The highest BCUT2D eigenvalue weighted by Crippen LogP contribution is 2.30. The average molecular weight is 815 g/mol. The molecule has 2 saturated heterocycles. The standard InChI is InChI=1S/C28H30N4O2.C22H20N2O3/c1-18-3-7-21(8-4-18)22-9-23(27(33)31-13-20-6-5-19(2)30-12-20)11-24(10-22)28(34)32-16-25-14-29-15-26(25)17-32;1-14-3-7-17(8-4-14)18-9-19(11-20(10-18)22(26)27)21(25)24-13-16-6-5-15(2)23-12-16/h3-12,25-26,29H,13-17H2,1-2H3,(H,31,33);3-12H,13H2,1-2H3,(H,24,25)(H,26,27)/t25-,26+;. The van der Waals surface area contributed by atoms with Gasteiger partial charge >= 0.3 is 5.97 Å². The van der Waals surface area contributed by atoms with Gasteiger partial charge in [0, 0.05) is 79.7 Å². The first-order valence-electron chi connectivity index (χ1n) is 20.5. The molecule has 11 heteroatoms. The smallest absolute Gasteiger partial charge is 0.335 e. The van der Waals surface area contributed by atoms with Crippen LogP contribution >= 0.6 is 0 Å². The summed E-state index contributed by atoms with van der Waals surface area (Å²) in [6, 6.07) is 33.7. The molecule has 2 atom stereocenters. The molecular weight excluding hydrogens is 765 g/mol. The summed E-state index contributed by atoms with van der Waals surface area (Å²) in [5.41, 5.74) is 10.8. The van der Waals surface area contributed by atoms with Crippen molar-refractivity contribution in [3.8, 4) is 22.3 Å². The topological polar surface area (TPSA) is 154 Å². The number of rotatable bonds is 10. The van der Waals surface area contributed by atoms with Crippen LogP contribution in [0.3, 0.4) is 0 Å². The SMILES string of the molecule is Cc1ccc(-c2cc(C(=O)NCc3ccc(C)nc3)cc(C(=O)N3C[C@H]4CNC[C@H]4C3)c2)cc1.Cc1ccc(-c2cc(C(=O)O)cc(C(=O)NCc3ccc(C)nc3)c2)cc1. The Hall–Kier alpha value is -6.98. The van der Waals surface area contributed by atoms with Gasteiger partial charge in [-0.2, -0.15) is 0 Å². The van der Waals surface area contributed by atoms with Crippen molar-refractivity contribution in [2.75, 3.05) is 26.2 Å². The first kappa shape index (κ1) is 42.2. The fourth-order valence-corrected chi connectivity index (χ4v) is 7.57. The van der Waals surface area contributed by atoms with Crippen molar-refractivity contribution in [3.05, 3.63) is 177 Å². The minimum Gasteiger partial charge on any atom is -0.478 e. The number of aromatic nitrogens is 2. The Labute approximate surface area is 356 Å². The van der Waals surface area contributed by atoms with Crippen molar-refractivity contribution in [1.29, 1.82) is 0 Å². The van der Waals surface area contributed by atoms with Crippen molar-refractivity contribution in [2.45, 2.75) is 40.8 Å². The Morgan fingerprint density at radius 2 is 1.00 bits per heavy atom. The number of likely N-dealkylation sites (tertiary alicyclic amines) is 1. The Kier molecular flexibility index (Phi) is 13.1. The van der Waals surface area contributed by atoms with Crippen molar-refractivity contribution >= 4 is 23.7 Å². The van der Waals surface area contributed by atoms with Crippen LogP contribution in [0.25, 0.3) is 22.3 Å². The summed E-state index contributed by atoms with van der Waals surface area (Å²) in [6.07, 6.45) is 3.48. The zero-order valence-corrected chi connectivity index (χ0v) is 34.9. The monoisotopic (exact) mass is 814 g/mol. The number of fused-ring (bicyclic) bond motifs is 1. The van der Waals surface area contributed by atoms with E-state index in [9.17, 15) is 24.3 Å². The molecule has 3 amide bonds. The Morgan fingerprint density at radius 3 is 1.43 bits per heavy atom. The van der Waals surface area contributed by atoms with Gasteiger partial charge < -0.3 is 26.0 Å². The van der Waals surface area contributed by atoms with Gasteiger partial charge in [0.2, 0.25) is 0 Å². The molecule has 0 unspecified atom stereocenters. The first-order chi connectivity index (χ1) is 29.4. The number of carbonyl (C=O) groups excluding carboxylic acids is 3. The van der Waals surface area contributed by atoms with Crippen LogP contribution in [-0.2, 0) is 13.1 Å². The molecule has 4 N–H and O–H groups in total. The van der Waals surface area contributed by atoms with Gasteiger partial charge in [0.25, 0.3) is 17.7 Å². The predicted octanol–water partition coefficient (Wildman–Crippen LogP) is 7.58. The third kappa shape index (κ3) is 10.8. The number of hydrogen-bond acceptors (Lipinski definition) is 7. The zero-order valence-electron chi connectivity index (χ0n) is 34.9. The quantitative estimate of drug-likeness (QED) is 0.110. The lowest BCUT2D eigenvalue weighted by Gasteiger charge is -2.19. The van der Waals surface area contributed by atoms with E-state index in [1.807, 2.05) is 118 Å². The molecule has 2 fully saturated rings. The maximum Gasteiger partial charge on any atom is 0.335 e. The number of benzene rings is 4. The van der Waals surface area contributed by atoms with Gasteiger partial charge in [-0.3, -0.25) is 24.4 Å². The highest BCUT2D eigenvalue weighted by Gasteiger charge is 2.38. The number of carbonyl (C=O) groups is 4. The lowest BCUT2D eigenvalue weighted by atomic mass is 9.98. The van der Waals surface area contributed by atoms with Crippen LogP contribution in [0.2, 0.25) is 0 Å².